The van der Waals surface area contributed by atoms with Gasteiger partial charge in [0.1, 0.15) is 0 Å². The van der Waals surface area contributed by atoms with Crippen molar-refractivity contribution in [1.29, 1.82) is 0 Å². The van der Waals surface area contributed by atoms with E-state index >= 15 is 0 Å². The van der Waals surface area contributed by atoms with Gasteiger partial charge in [-0.15, -0.1) is 0 Å². The lowest BCUT2D eigenvalue weighted by atomic mass is 10.1. The second kappa shape index (κ2) is 21.5. The Hall–Kier alpha value is -1.72. The molecule has 0 saturated carbocycles. The molecule has 0 atom stereocenters. The van der Waals surface area contributed by atoms with Gasteiger partial charge in [-0.3, -0.25) is 19.2 Å². The van der Waals surface area contributed by atoms with Crippen LogP contribution in [0, 0.1) is 0 Å². The third-order valence-electron chi connectivity index (χ3n) is 2.70. The zero-order valence-electron chi connectivity index (χ0n) is 18.5. The first-order valence-electron chi connectivity index (χ1n) is 9.64. The van der Waals surface area contributed by atoms with E-state index in [1.165, 1.54) is 30.7 Å². The SMILES string of the molecule is CC.CC.CCC.O=C(Cl)c1ccccc1C(=O)Cl.O=C(Cl)c1ccccc1C(=O)Cl. The van der Waals surface area contributed by atoms with E-state index < -0.39 is 21.0 Å². The minimum atomic E-state index is -0.681. The molecule has 0 N–H and O–H groups in total. The highest BCUT2D eigenvalue weighted by molar-refractivity contribution is 6.72. The lowest BCUT2D eigenvalue weighted by molar-refractivity contribution is 0.105. The fourth-order valence-electron chi connectivity index (χ4n) is 1.65. The molecule has 2 rings (SSSR count). The van der Waals surface area contributed by atoms with Gasteiger partial charge in [0.05, 0.1) is 0 Å². The maximum Gasteiger partial charge on any atom is 0.253 e. The summed E-state index contributed by atoms with van der Waals surface area (Å²) >= 11 is 20.8. The normalized spacial score (nSPS) is 8.32. The molecule has 4 nitrogen and oxygen atoms in total. The average molecular weight is 510 g/mol. The predicted octanol–water partition coefficient (Wildman–Crippen LogP) is 8.36. The molecule has 0 amide bonds. The summed E-state index contributed by atoms with van der Waals surface area (Å²) in [5.74, 6) is 0. The molecule has 0 saturated heterocycles. The molecule has 172 valence electrons. The summed E-state index contributed by atoms with van der Waals surface area (Å²) in [6.07, 6.45) is 1.25. The molecule has 0 aromatic heterocycles. The maximum absolute atomic E-state index is 10.7. The van der Waals surface area contributed by atoms with Crippen LogP contribution < -0.4 is 0 Å². The third kappa shape index (κ3) is 14.8. The Kier molecular flexibility index (Phi) is 23.5. The number of hydrogen-bond donors (Lipinski definition) is 0. The predicted molar refractivity (Wildman–Crippen MR) is 132 cm³/mol. The molecular weight excluding hydrogens is 482 g/mol. The maximum atomic E-state index is 10.7. The number of carbonyl (C=O) groups excluding carboxylic acids is 4. The van der Waals surface area contributed by atoms with Crippen LogP contribution >= 0.6 is 46.4 Å². The van der Waals surface area contributed by atoms with E-state index in [0.717, 1.165) is 0 Å². The zero-order chi connectivity index (χ0) is 25.0. The van der Waals surface area contributed by atoms with Gasteiger partial charge >= 0.3 is 0 Å². The topological polar surface area (TPSA) is 68.3 Å². The van der Waals surface area contributed by atoms with Gasteiger partial charge < -0.3 is 0 Å². The van der Waals surface area contributed by atoms with Gasteiger partial charge in [0.15, 0.2) is 0 Å². The molecule has 0 aliphatic heterocycles. The van der Waals surface area contributed by atoms with E-state index in [1.807, 2.05) is 27.7 Å². The number of benzene rings is 2. The summed E-state index contributed by atoms with van der Waals surface area (Å²) in [7, 11) is 0. The number of halogens is 4. The van der Waals surface area contributed by atoms with E-state index in [4.69, 9.17) is 46.4 Å². The van der Waals surface area contributed by atoms with Crippen LogP contribution in [0.5, 0.6) is 0 Å². The molecule has 0 aliphatic rings. The molecule has 8 heteroatoms. The Morgan fingerprint density at radius 2 is 0.645 bits per heavy atom. The molecule has 31 heavy (non-hydrogen) atoms. The standard InChI is InChI=1S/2C8H4Cl2O2.C3H8.2C2H6/c2*9-7(11)5-3-1-2-4-6(5)8(10)12;1-3-2;2*1-2/h2*1-4H;3H2,1-2H3;2*1-2H3. The smallest absolute Gasteiger partial charge is 0.253 e. The van der Waals surface area contributed by atoms with Crippen LogP contribution in [0.1, 0.15) is 89.4 Å². The van der Waals surface area contributed by atoms with Crippen LogP contribution in [-0.4, -0.2) is 21.0 Å². The number of rotatable bonds is 4. The van der Waals surface area contributed by atoms with Crippen molar-refractivity contribution < 1.29 is 19.2 Å². The largest absolute Gasteiger partial charge is 0.276 e. The zero-order valence-corrected chi connectivity index (χ0v) is 21.5. The second-order valence-corrected chi connectivity index (χ2v) is 6.27. The van der Waals surface area contributed by atoms with Crippen LogP contribution in [0.25, 0.3) is 0 Å². The van der Waals surface area contributed by atoms with Gasteiger partial charge in [0, 0.05) is 22.3 Å². The molecule has 0 radical (unpaired) electrons. The lowest BCUT2D eigenvalue weighted by Gasteiger charge is -1.98. The summed E-state index contributed by atoms with van der Waals surface area (Å²) < 4.78 is 0. The van der Waals surface area contributed by atoms with Gasteiger partial charge in [0.25, 0.3) is 21.0 Å². The summed E-state index contributed by atoms with van der Waals surface area (Å²) in [6.45, 7) is 12.2. The van der Waals surface area contributed by atoms with Crippen LogP contribution in [0.3, 0.4) is 0 Å². The minimum absolute atomic E-state index is 0.138. The molecule has 0 bridgehead atoms. The fourth-order valence-corrected chi connectivity index (χ4v) is 2.31. The Bertz CT molecular complexity index is 687. The van der Waals surface area contributed by atoms with Crippen molar-refractivity contribution in [3.8, 4) is 0 Å². The van der Waals surface area contributed by atoms with Crippen molar-refractivity contribution in [3.63, 3.8) is 0 Å². The Balaban J connectivity index is -0.000000393. The van der Waals surface area contributed by atoms with E-state index in [1.54, 1.807) is 24.3 Å². The fraction of sp³-hybridized carbons (Fsp3) is 0.304. The molecule has 0 aliphatic carbocycles. The summed E-state index contributed by atoms with van der Waals surface area (Å²) in [6, 6.07) is 12.2. The first kappa shape index (κ1) is 33.9. The van der Waals surface area contributed by atoms with E-state index in [-0.39, 0.29) is 22.3 Å². The van der Waals surface area contributed by atoms with Crippen molar-refractivity contribution in [3.05, 3.63) is 70.8 Å². The molecule has 0 unspecified atom stereocenters. The summed E-state index contributed by atoms with van der Waals surface area (Å²) in [5, 5.41) is -2.72. The van der Waals surface area contributed by atoms with Crippen molar-refractivity contribution >= 4 is 67.4 Å². The van der Waals surface area contributed by atoms with E-state index in [9.17, 15) is 19.2 Å². The van der Waals surface area contributed by atoms with Crippen molar-refractivity contribution in [2.75, 3.05) is 0 Å². The van der Waals surface area contributed by atoms with Gasteiger partial charge in [0.2, 0.25) is 0 Å². The molecule has 0 spiro atoms. The highest BCUT2D eigenvalue weighted by Crippen LogP contribution is 2.14. The third-order valence-corrected chi connectivity index (χ3v) is 3.52. The van der Waals surface area contributed by atoms with E-state index in [0.29, 0.717) is 0 Å². The van der Waals surface area contributed by atoms with Gasteiger partial charge in [-0.25, -0.2) is 0 Å². The van der Waals surface area contributed by atoms with Crippen molar-refractivity contribution in [1.82, 2.24) is 0 Å². The lowest BCUT2D eigenvalue weighted by Crippen LogP contribution is -1.99. The average Bonchev–Trinajstić information content (AvgIpc) is 2.77. The summed E-state index contributed by atoms with van der Waals surface area (Å²) in [4.78, 5) is 42.9. The molecule has 2 aromatic carbocycles. The van der Waals surface area contributed by atoms with Crippen LogP contribution in [0.4, 0.5) is 0 Å². The summed E-state index contributed by atoms with van der Waals surface area (Å²) in [5.41, 5.74) is 0.552. The van der Waals surface area contributed by atoms with Crippen molar-refractivity contribution in [2.24, 2.45) is 0 Å². The second-order valence-electron chi connectivity index (χ2n) is 4.89. The quantitative estimate of drug-likeness (QED) is 0.388. The van der Waals surface area contributed by atoms with Crippen molar-refractivity contribution in [2.45, 2.75) is 48.0 Å². The molecule has 0 fully saturated rings. The number of carbonyl (C=O) groups is 4. The van der Waals surface area contributed by atoms with E-state index in [2.05, 4.69) is 13.8 Å². The Morgan fingerprint density at radius 1 is 0.516 bits per heavy atom. The van der Waals surface area contributed by atoms with Gasteiger partial charge in [-0.1, -0.05) is 72.2 Å². The van der Waals surface area contributed by atoms with Gasteiger partial charge in [-0.2, -0.15) is 0 Å². The first-order valence-corrected chi connectivity index (χ1v) is 11.2. The molecular formula is C23H28Cl4O4. The van der Waals surface area contributed by atoms with Crippen LogP contribution in [-0.2, 0) is 0 Å². The Labute approximate surface area is 204 Å². The van der Waals surface area contributed by atoms with Crippen LogP contribution in [0.15, 0.2) is 48.5 Å². The monoisotopic (exact) mass is 508 g/mol. The first-order chi connectivity index (χ1) is 14.7. The highest BCUT2D eigenvalue weighted by Gasteiger charge is 2.13. The Morgan fingerprint density at radius 3 is 0.742 bits per heavy atom. The molecule has 0 heterocycles. The molecule has 2 aromatic rings. The van der Waals surface area contributed by atoms with Gasteiger partial charge in [-0.05, 0) is 70.7 Å². The van der Waals surface area contributed by atoms with Crippen LogP contribution in [0.2, 0.25) is 0 Å². The minimum Gasteiger partial charge on any atom is -0.276 e. The highest BCUT2D eigenvalue weighted by atomic mass is 35.5. The number of hydrogen-bond acceptors (Lipinski definition) is 4.